The molecule has 1 heterocycles. The molecule has 2 N–H and O–H groups in total. The highest BCUT2D eigenvalue weighted by Crippen LogP contribution is 2.23. The number of hydrogen-bond acceptors (Lipinski definition) is 10. The molecule has 0 saturated carbocycles. The van der Waals surface area contributed by atoms with Crippen molar-refractivity contribution in [1.29, 1.82) is 0 Å². The lowest BCUT2D eigenvalue weighted by Crippen LogP contribution is -2.46. The Bertz CT molecular complexity index is 847. The van der Waals surface area contributed by atoms with E-state index in [0.29, 0.717) is 5.70 Å². The van der Waals surface area contributed by atoms with Gasteiger partial charge in [0.15, 0.2) is 0 Å². The Morgan fingerprint density at radius 2 is 1.86 bits per heavy atom. The highest BCUT2D eigenvalue weighted by molar-refractivity contribution is 5.93. The lowest BCUT2D eigenvalue weighted by molar-refractivity contribution is -0.755. The van der Waals surface area contributed by atoms with Gasteiger partial charge in [-0.2, -0.15) is 0 Å². The maximum Gasteiger partial charge on any atom is 0.344 e. The van der Waals surface area contributed by atoms with Gasteiger partial charge in [-0.3, -0.25) is 4.79 Å². The summed E-state index contributed by atoms with van der Waals surface area (Å²) in [6.07, 6.45) is 4.71. The molecule has 0 aromatic heterocycles. The molecule has 1 aromatic rings. The molecule has 0 amide bonds. The average molecular weight is 411 g/mol. The molecule has 1 unspecified atom stereocenters. The minimum atomic E-state index is -1.50. The molecule has 1 aliphatic heterocycles. The van der Waals surface area contributed by atoms with E-state index in [1.807, 2.05) is 0 Å². The average Bonchev–Trinajstić information content (AvgIpc) is 2.59. The molecule has 1 aliphatic rings. The summed E-state index contributed by atoms with van der Waals surface area (Å²) in [5, 5.41) is 25.8. The van der Waals surface area contributed by atoms with Crippen LogP contribution in [0.3, 0.4) is 0 Å². The quantitative estimate of drug-likeness (QED) is 0.299. The SMILES string of the molecule is CC(=O)Oc1ccccc1C(=O)OC1(C)C=CC=C(CO[N+](=O)[O-])N1.O=[N+]([O-])O. The van der Waals surface area contributed by atoms with E-state index in [1.54, 1.807) is 37.3 Å². The van der Waals surface area contributed by atoms with E-state index in [0.717, 1.165) is 0 Å². The maximum atomic E-state index is 12.4. The summed E-state index contributed by atoms with van der Waals surface area (Å²) in [5.74, 6) is -1.21. The summed E-state index contributed by atoms with van der Waals surface area (Å²) in [6, 6.07) is 6.15. The minimum Gasteiger partial charge on any atom is -0.432 e. The van der Waals surface area contributed by atoms with E-state index in [-0.39, 0.29) is 17.9 Å². The molecular formula is C16H17N3O10. The molecule has 0 aliphatic carbocycles. The fraction of sp³-hybridized carbons (Fsp3) is 0.250. The van der Waals surface area contributed by atoms with Crippen LogP contribution in [0.1, 0.15) is 24.2 Å². The highest BCUT2D eigenvalue weighted by atomic mass is 16.9. The smallest absolute Gasteiger partial charge is 0.344 e. The topological polar surface area (TPSA) is 180 Å². The summed E-state index contributed by atoms with van der Waals surface area (Å²) in [6.45, 7) is 2.48. The summed E-state index contributed by atoms with van der Waals surface area (Å²) in [5.41, 5.74) is -0.806. The largest absolute Gasteiger partial charge is 0.432 e. The molecule has 29 heavy (non-hydrogen) atoms. The lowest BCUT2D eigenvalue weighted by atomic mass is 10.1. The molecule has 156 valence electrons. The number of ether oxygens (including phenoxy) is 2. The first kappa shape index (κ1) is 22.9. The number of dihydropyridines is 1. The van der Waals surface area contributed by atoms with Crippen molar-refractivity contribution in [3.63, 3.8) is 0 Å². The van der Waals surface area contributed by atoms with Gasteiger partial charge in [0.25, 0.3) is 10.2 Å². The van der Waals surface area contributed by atoms with Gasteiger partial charge in [0, 0.05) is 12.6 Å². The van der Waals surface area contributed by atoms with Gasteiger partial charge in [-0.15, -0.1) is 20.2 Å². The van der Waals surface area contributed by atoms with Gasteiger partial charge >= 0.3 is 11.9 Å². The first-order valence-corrected chi connectivity index (χ1v) is 7.80. The van der Waals surface area contributed by atoms with Gasteiger partial charge in [-0.1, -0.05) is 18.2 Å². The second kappa shape index (κ2) is 10.2. The number of allylic oxidation sites excluding steroid dienone is 2. The first-order chi connectivity index (χ1) is 13.5. The zero-order valence-corrected chi connectivity index (χ0v) is 15.3. The second-order valence-corrected chi connectivity index (χ2v) is 5.50. The maximum absolute atomic E-state index is 12.4. The van der Waals surface area contributed by atoms with Crippen LogP contribution in [-0.4, -0.2) is 39.7 Å². The fourth-order valence-corrected chi connectivity index (χ4v) is 2.14. The molecular weight excluding hydrogens is 394 g/mol. The number of para-hydroxylation sites is 1. The molecule has 0 spiro atoms. The molecule has 0 radical (unpaired) electrons. The van der Waals surface area contributed by atoms with Crippen LogP contribution >= 0.6 is 0 Å². The van der Waals surface area contributed by atoms with Crippen molar-refractivity contribution in [3.05, 3.63) is 74.0 Å². The van der Waals surface area contributed by atoms with Crippen LogP contribution in [0.15, 0.2) is 48.2 Å². The molecule has 0 fully saturated rings. The predicted octanol–water partition coefficient (Wildman–Crippen LogP) is 1.39. The molecule has 1 aromatic carbocycles. The van der Waals surface area contributed by atoms with E-state index in [2.05, 4.69) is 10.2 Å². The number of carbonyl (C=O) groups excluding carboxylic acids is 2. The van der Waals surface area contributed by atoms with Crippen LogP contribution < -0.4 is 10.1 Å². The Balaban J connectivity index is 0.000000960. The number of rotatable bonds is 6. The third kappa shape index (κ3) is 8.38. The Morgan fingerprint density at radius 3 is 2.45 bits per heavy atom. The summed E-state index contributed by atoms with van der Waals surface area (Å²) >= 11 is 0. The number of hydrogen-bond donors (Lipinski definition) is 2. The van der Waals surface area contributed by atoms with Gasteiger partial charge < -0.3 is 24.8 Å². The number of nitrogens with one attached hydrogen (secondary N) is 1. The molecule has 0 bridgehead atoms. The van der Waals surface area contributed by atoms with Crippen LogP contribution in [0.25, 0.3) is 0 Å². The molecule has 2 rings (SSSR count). The number of esters is 2. The standard InChI is InChI=1S/C16H16N2O7.HNO3/c1-11(19)24-14-8-4-3-7-13(14)15(20)25-16(2)9-5-6-12(17-16)10-23-18(21)22;2-1(3)4/h3-9,17H,10H2,1-2H3;(H,2,3,4). The van der Waals surface area contributed by atoms with E-state index in [9.17, 15) is 19.7 Å². The summed E-state index contributed by atoms with van der Waals surface area (Å²) in [7, 11) is 0. The molecule has 13 nitrogen and oxygen atoms in total. The van der Waals surface area contributed by atoms with Gasteiger partial charge in [0.05, 0.1) is 0 Å². The highest BCUT2D eigenvalue weighted by Gasteiger charge is 2.30. The van der Waals surface area contributed by atoms with Crippen molar-refractivity contribution in [3.8, 4) is 5.75 Å². The first-order valence-electron chi connectivity index (χ1n) is 7.80. The lowest BCUT2D eigenvalue weighted by Gasteiger charge is -2.31. The zero-order valence-electron chi connectivity index (χ0n) is 15.3. The third-order valence-electron chi connectivity index (χ3n) is 3.11. The molecule has 13 heteroatoms. The molecule has 0 saturated heterocycles. The zero-order chi connectivity index (χ0) is 22.0. The van der Waals surface area contributed by atoms with Crippen molar-refractivity contribution < 1.29 is 39.3 Å². The van der Waals surface area contributed by atoms with Gasteiger partial charge in [0.1, 0.15) is 17.9 Å². The van der Waals surface area contributed by atoms with E-state index >= 15 is 0 Å². The Kier molecular flexibility index (Phi) is 8.08. The second-order valence-electron chi connectivity index (χ2n) is 5.50. The van der Waals surface area contributed by atoms with Crippen molar-refractivity contribution >= 4 is 11.9 Å². The van der Waals surface area contributed by atoms with Gasteiger partial charge in [-0.05, 0) is 31.2 Å². The van der Waals surface area contributed by atoms with Crippen LogP contribution in [0, 0.1) is 20.2 Å². The molecule has 1 atom stereocenters. The minimum absolute atomic E-state index is 0.0757. The van der Waals surface area contributed by atoms with Crippen molar-refractivity contribution in [2.75, 3.05) is 6.61 Å². The van der Waals surface area contributed by atoms with E-state index < -0.39 is 27.8 Å². The third-order valence-corrected chi connectivity index (χ3v) is 3.11. The van der Waals surface area contributed by atoms with E-state index in [1.165, 1.54) is 19.1 Å². The van der Waals surface area contributed by atoms with Crippen LogP contribution in [0.2, 0.25) is 0 Å². The van der Waals surface area contributed by atoms with Crippen molar-refractivity contribution in [2.24, 2.45) is 0 Å². The van der Waals surface area contributed by atoms with Gasteiger partial charge in [0.2, 0.25) is 5.72 Å². The number of carbonyl (C=O) groups is 2. The van der Waals surface area contributed by atoms with Crippen LogP contribution in [-0.2, 0) is 14.4 Å². The van der Waals surface area contributed by atoms with Crippen LogP contribution in [0.4, 0.5) is 0 Å². The number of benzene rings is 1. The Labute approximate surface area is 163 Å². The number of nitrogens with zero attached hydrogens (tertiary/aromatic N) is 2. The van der Waals surface area contributed by atoms with E-state index in [4.69, 9.17) is 24.8 Å². The monoisotopic (exact) mass is 411 g/mol. The Hall–Kier alpha value is -4.16. The van der Waals surface area contributed by atoms with Crippen LogP contribution in [0.5, 0.6) is 5.75 Å². The fourth-order valence-electron chi connectivity index (χ4n) is 2.14. The summed E-state index contributed by atoms with van der Waals surface area (Å²) < 4.78 is 10.4. The predicted molar refractivity (Wildman–Crippen MR) is 93.7 cm³/mol. The van der Waals surface area contributed by atoms with Crippen molar-refractivity contribution in [2.45, 2.75) is 19.6 Å². The summed E-state index contributed by atoms with van der Waals surface area (Å²) in [4.78, 5) is 46.5. The normalized spacial score (nSPS) is 16.8. The van der Waals surface area contributed by atoms with Crippen molar-refractivity contribution in [1.82, 2.24) is 5.32 Å². The Morgan fingerprint density at radius 1 is 1.24 bits per heavy atom. The van der Waals surface area contributed by atoms with Gasteiger partial charge in [-0.25, -0.2) is 4.79 Å².